The van der Waals surface area contributed by atoms with Gasteiger partial charge < -0.3 is 9.47 Å². The Kier molecular flexibility index (Phi) is 6.76. The van der Waals surface area contributed by atoms with Crippen molar-refractivity contribution in [1.82, 2.24) is 0 Å². The van der Waals surface area contributed by atoms with E-state index in [9.17, 15) is 4.79 Å². The van der Waals surface area contributed by atoms with Crippen molar-refractivity contribution in [2.75, 3.05) is 0 Å². The summed E-state index contributed by atoms with van der Waals surface area (Å²) >= 11 is 4.52. The Morgan fingerprint density at radius 1 is 0.968 bits per heavy atom. The zero-order valence-corrected chi connectivity index (χ0v) is 21.3. The quantitative estimate of drug-likeness (QED) is 0.185. The fourth-order valence-electron chi connectivity index (χ4n) is 3.14. The van der Waals surface area contributed by atoms with Crippen LogP contribution >= 0.6 is 45.2 Å². The summed E-state index contributed by atoms with van der Waals surface area (Å²) in [6.07, 6.45) is 1.75. The van der Waals surface area contributed by atoms with E-state index < -0.39 is 5.97 Å². The zero-order valence-electron chi connectivity index (χ0n) is 17.0. The fourth-order valence-corrected chi connectivity index (χ4v) is 5.27. The molecule has 31 heavy (non-hydrogen) atoms. The lowest BCUT2D eigenvalue weighted by atomic mass is 10.1. The minimum Gasteiger partial charge on any atom is -0.487 e. The van der Waals surface area contributed by atoms with Crippen LogP contribution in [-0.2, 0) is 16.1 Å². The van der Waals surface area contributed by atoms with E-state index in [-0.39, 0.29) is 5.70 Å². The molecule has 0 spiro atoms. The molecule has 0 aliphatic carbocycles. The molecule has 3 aromatic carbocycles. The molecule has 0 saturated heterocycles. The number of aryl methyl sites for hydroxylation is 2. The van der Waals surface area contributed by atoms with Gasteiger partial charge in [-0.05, 0) is 100 Å². The van der Waals surface area contributed by atoms with Crippen molar-refractivity contribution in [2.24, 2.45) is 4.99 Å². The van der Waals surface area contributed by atoms with Gasteiger partial charge in [0.2, 0.25) is 5.90 Å². The third kappa shape index (κ3) is 5.35. The highest BCUT2D eigenvalue weighted by molar-refractivity contribution is 14.1. The maximum absolute atomic E-state index is 12.3. The number of ether oxygens (including phenoxy) is 2. The molecule has 0 unspecified atom stereocenters. The van der Waals surface area contributed by atoms with E-state index in [1.807, 2.05) is 49.4 Å². The van der Waals surface area contributed by atoms with Crippen molar-refractivity contribution in [3.63, 3.8) is 0 Å². The van der Waals surface area contributed by atoms with E-state index in [1.165, 1.54) is 5.56 Å². The molecule has 1 aliphatic heterocycles. The zero-order chi connectivity index (χ0) is 22.0. The van der Waals surface area contributed by atoms with Crippen molar-refractivity contribution in [2.45, 2.75) is 20.5 Å². The molecule has 0 fully saturated rings. The highest BCUT2D eigenvalue weighted by Gasteiger charge is 2.24. The molecule has 1 aliphatic rings. The SMILES string of the molecule is Cc1ccc(C2=N/C(=C\c3cc(I)c(OCc4cccc(C)c4)c(I)c3)C(=O)O2)cc1. The van der Waals surface area contributed by atoms with Crippen LogP contribution in [0.2, 0.25) is 0 Å². The molecule has 4 nitrogen and oxygen atoms in total. The van der Waals surface area contributed by atoms with Gasteiger partial charge in [0.15, 0.2) is 5.70 Å². The summed E-state index contributed by atoms with van der Waals surface area (Å²) in [6.45, 7) is 4.58. The first-order valence-electron chi connectivity index (χ1n) is 9.66. The fraction of sp³-hybridized carbons (Fsp3) is 0.120. The number of rotatable bonds is 5. The lowest BCUT2D eigenvalue weighted by molar-refractivity contribution is -0.129. The maximum atomic E-state index is 12.3. The Morgan fingerprint density at radius 3 is 2.35 bits per heavy atom. The van der Waals surface area contributed by atoms with Gasteiger partial charge in [0.1, 0.15) is 12.4 Å². The van der Waals surface area contributed by atoms with Crippen molar-refractivity contribution < 1.29 is 14.3 Å². The van der Waals surface area contributed by atoms with Gasteiger partial charge in [-0.25, -0.2) is 9.79 Å². The van der Waals surface area contributed by atoms with Crippen LogP contribution in [-0.4, -0.2) is 11.9 Å². The number of cyclic esters (lactones) is 1. The van der Waals surface area contributed by atoms with Crippen LogP contribution in [0.4, 0.5) is 0 Å². The first-order chi connectivity index (χ1) is 14.9. The summed E-state index contributed by atoms with van der Waals surface area (Å²) in [7, 11) is 0. The van der Waals surface area contributed by atoms with Crippen LogP contribution in [0, 0.1) is 21.0 Å². The second kappa shape index (κ2) is 9.52. The van der Waals surface area contributed by atoms with Crippen LogP contribution in [0.5, 0.6) is 5.75 Å². The van der Waals surface area contributed by atoms with E-state index in [0.717, 1.165) is 35.1 Å². The number of halogens is 2. The number of carbonyl (C=O) groups excluding carboxylic acids is 1. The van der Waals surface area contributed by atoms with Crippen LogP contribution < -0.4 is 4.74 Å². The Balaban J connectivity index is 1.55. The van der Waals surface area contributed by atoms with E-state index in [0.29, 0.717) is 12.5 Å². The van der Waals surface area contributed by atoms with Gasteiger partial charge in [-0.2, -0.15) is 0 Å². The Hall–Kier alpha value is -2.20. The van der Waals surface area contributed by atoms with E-state index in [1.54, 1.807) is 6.08 Å². The molecule has 0 bridgehead atoms. The molecular formula is C25H19I2NO3. The average Bonchev–Trinajstić information content (AvgIpc) is 3.08. The van der Waals surface area contributed by atoms with Crippen molar-refractivity contribution >= 4 is 63.1 Å². The molecular weight excluding hydrogens is 616 g/mol. The molecule has 156 valence electrons. The summed E-state index contributed by atoms with van der Waals surface area (Å²) < 4.78 is 13.4. The van der Waals surface area contributed by atoms with Gasteiger partial charge in [-0.15, -0.1) is 0 Å². The van der Waals surface area contributed by atoms with E-state index in [2.05, 4.69) is 75.3 Å². The minimum atomic E-state index is -0.444. The third-order valence-corrected chi connectivity index (χ3v) is 6.31. The Bertz CT molecular complexity index is 1190. The first kappa shape index (κ1) is 22.0. The summed E-state index contributed by atoms with van der Waals surface area (Å²) in [5.41, 5.74) is 5.42. The number of hydrogen-bond acceptors (Lipinski definition) is 4. The standard InChI is InChI=1S/C25H19I2NO3/c1-15-6-8-19(9-7-15)24-28-22(25(29)31-24)13-18-11-20(26)23(21(27)12-18)30-14-17-5-3-4-16(2)10-17/h3-13H,14H2,1-2H3/b22-13-. The molecule has 0 atom stereocenters. The van der Waals surface area contributed by atoms with E-state index >= 15 is 0 Å². The summed E-state index contributed by atoms with van der Waals surface area (Å²) in [4.78, 5) is 16.7. The topological polar surface area (TPSA) is 47.9 Å². The molecule has 3 aromatic rings. The lowest BCUT2D eigenvalue weighted by Gasteiger charge is -2.12. The van der Waals surface area contributed by atoms with Crippen molar-refractivity contribution in [3.8, 4) is 5.75 Å². The van der Waals surface area contributed by atoms with Crippen molar-refractivity contribution in [3.05, 3.63) is 101 Å². The van der Waals surface area contributed by atoms with E-state index in [4.69, 9.17) is 9.47 Å². The second-order valence-electron chi connectivity index (χ2n) is 7.29. The van der Waals surface area contributed by atoms with Gasteiger partial charge in [-0.1, -0.05) is 47.5 Å². The number of aliphatic imine (C=N–C) groups is 1. The average molecular weight is 635 g/mol. The molecule has 1 heterocycles. The van der Waals surface area contributed by atoms with Crippen LogP contribution in [0.3, 0.4) is 0 Å². The van der Waals surface area contributed by atoms with Gasteiger partial charge in [-0.3, -0.25) is 0 Å². The van der Waals surface area contributed by atoms with Gasteiger partial charge in [0.05, 0.1) is 7.14 Å². The van der Waals surface area contributed by atoms with Crippen LogP contribution in [0.1, 0.15) is 27.8 Å². The number of esters is 1. The van der Waals surface area contributed by atoms with Gasteiger partial charge in [0, 0.05) is 5.56 Å². The van der Waals surface area contributed by atoms with Crippen LogP contribution in [0.15, 0.2) is 71.4 Å². The summed E-state index contributed by atoms with van der Waals surface area (Å²) in [6, 6.07) is 20.0. The van der Waals surface area contributed by atoms with Gasteiger partial charge >= 0.3 is 5.97 Å². The summed E-state index contributed by atoms with van der Waals surface area (Å²) in [5, 5.41) is 0. The Morgan fingerprint density at radius 2 is 1.68 bits per heavy atom. The number of carbonyl (C=O) groups is 1. The number of benzene rings is 3. The van der Waals surface area contributed by atoms with Crippen molar-refractivity contribution in [1.29, 1.82) is 0 Å². The maximum Gasteiger partial charge on any atom is 0.363 e. The normalized spacial score (nSPS) is 14.5. The van der Waals surface area contributed by atoms with Gasteiger partial charge in [0.25, 0.3) is 0 Å². The Labute approximate surface area is 208 Å². The number of nitrogens with zero attached hydrogens (tertiary/aromatic N) is 1. The highest BCUT2D eigenvalue weighted by Crippen LogP contribution is 2.31. The number of hydrogen-bond donors (Lipinski definition) is 0. The lowest BCUT2D eigenvalue weighted by Crippen LogP contribution is -2.05. The molecule has 6 heteroatoms. The predicted molar refractivity (Wildman–Crippen MR) is 139 cm³/mol. The summed E-state index contributed by atoms with van der Waals surface area (Å²) in [5.74, 6) is 0.724. The molecule has 0 radical (unpaired) electrons. The first-order valence-corrected chi connectivity index (χ1v) is 11.8. The highest BCUT2D eigenvalue weighted by atomic mass is 127. The van der Waals surface area contributed by atoms with Crippen LogP contribution in [0.25, 0.3) is 6.08 Å². The smallest absolute Gasteiger partial charge is 0.363 e. The molecule has 4 rings (SSSR count). The minimum absolute atomic E-state index is 0.288. The molecule has 0 aromatic heterocycles. The molecule has 0 N–H and O–H groups in total. The molecule has 0 amide bonds. The second-order valence-corrected chi connectivity index (χ2v) is 9.62. The largest absolute Gasteiger partial charge is 0.487 e. The predicted octanol–water partition coefficient (Wildman–Crippen LogP) is 6.44. The monoisotopic (exact) mass is 635 g/mol. The molecule has 0 saturated carbocycles. The third-order valence-electron chi connectivity index (χ3n) is 4.71.